The third-order valence-electron chi connectivity index (χ3n) is 12.0. The molecule has 2 atom stereocenters. The second-order valence-electron chi connectivity index (χ2n) is 21.0. The monoisotopic (exact) mass is 1180 g/mol. The van der Waals surface area contributed by atoms with Gasteiger partial charge >= 0.3 is 30.2 Å². The van der Waals surface area contributed by atoms with Crippen LogP contribution in [0.25, 0.3) is 0 Å². The van der Waals surface area contributed by atoms with Crippen LogP contribution in [0, 0.1) is 5.92 Å². The van der Waals surface area contributed by atoms with Crippen molar-refractivity contribution in [3.63, 3.8) is 0 Å². The number of halogens is 3. The van der Waals surface area contributed by atoms with Gasteiger partial charge in [-0.15, -0.1) is 21.1 Å². The minimum atomic E-state index is -5.19. The molecule has 1 fully saturated rings. The van der Waals surface area contributed by atoms with E-state index in [-0.39, 0.29) is 47.8 Å². The number of hydrogen-bond donors (Lipinski definition) is 6. The summed E-state index contributed by atoms with van der Waals surface area (Å²) in [6, 6.07) is 28.9. The number of hydrogen-bond acceptors (Lipinski definition) is 18. The Balaban J connectivity index is 0.00000145. The number of aliphatic carboxylic acids is 2. The lowest BCUT2D eigenvalue weighted by molar-refractivity contribution is -0.765. The largest absolute Gasteiger partial charge is 0.542 e. The summed E-state index contributed by atoms with van der Waals surface area (Å²) in [5.74, 6) is -6.96. The number of ether oxygens (including phenoxy) is 2. The van der Waals surface area contributed by atoms with E-state index in [1.807, 2.05) is 91.0 Å². The van der Waals surface area contributed by atoms with Gasteiger partial charge in [-0.05, 0) is 72.1 Å². The predicted octanol–water partition coefficient (Wildman–Crippen LogP) is 5.47. The number of amides is 4. The summed E-state index contributed by atoms with van der Waals surface area (Å²) >= 11 is 2.10. The molecule has 0 spiro atoms. The number of alkyl carbamates (subject to hydrolysis) is 1. The number of nitrogen functional groups attached to an aromatic ring is 1. The fourth-order valence-corrected chi connectivity index (χ4v) is 10.2. The summed E-state index contributed by atoms with van der Waals surface area (Å²) in [5, 5.41) is 35.1. The summed E-state index contributed by atoms with van der Waals surface area (Å²) in [6.07, 6.45) is -4.57. The molecule has 0 aliphatic carbocycles. The van der Waals surface area contributed by atoms with E-state index in [0.717, 1.165) is 28.2 Å². The summed E-state index contributed by atoms with van der Waals surface area (Å²) in [5.41, 5.74) is 4.29. The van der Waals surface area contributed by atoms with Crippen molar-refractivity contribution in [1.82, 2.24) is 29.6 Å². The summed E-state index contributed by atoms with van der Waals surface area (Å²) < 4.78 is 49.9. The number of rotatable bonds is 19. The lowest BCUT2D eigenvalue weighted by Gasteiger charge is -2.49. The molecule has 1 saturated heterocycles. The quantitative estimate of drug-likeness (QED) is 0.0114. The molecule has 5 aromatic rings. The van der Waals surface area contributed by atoms with E-state index in [2.05, 4.69) is 35.8 Å². The molecule has 2 aliphatic rings. The molecule has 0 radical (unpaired) electrons. The average molecular weight is 1180 g/mol. The van der Waals surface area contributed by atoms with Gasteiger partial charge in [0.2, 0.25) is 23.5 Å². The first kappa shape index (κ1) is 62.7. The van der Waals surface area contributed by atoms with Crippen LogP contribution in [-0.2, 0) is 57.4 Å². The summed E-state index contributed by atoms with van der Waals surface area (Å²) in [7, 11) is 1.76. The Labute approximate surface area is 477 Å². The fourth-order valence-electron chi connectivity index (χ4n) is 8.35. The van der Waals surface area contributed by atoms with Crippen LogP contribution in [0.4, 0.5) is 39.4 Å². The highest BCUT2D eigenvalue weighted by molar-refractivity contribution is 8.00. The molecule has 0 saturated carbocycles. The number of Topliss-reactive ketones (excluding diaryl/α,β-unsaturated/α-hetero) is 1. The first-order valence-corrected chi connectivity index (χ1v) is 27.0. The number of esters is 1. The molecule has 0 bridgehead atoms. The lowest BCUT2D eigenvalue weighted by atomic mass is 9.77. The number of oxime groups is 1. The van der Waals surface area contributed by atoms with Gasteiger partial charge in [0.1, 0.15) is 28.4 Å². The fraction of sp³-hybridized carbons (Fsp3) is 0.389. The maximum Gasteiger partial charge on any atom is 0.430 e. The van der Waals surface area contributed by atoms with E-state index in [1.54, 1.807) is 64.2 Å². The molecule has 0 unspecified atom stereocenters. The molecule has 23 nitrogen and oxygen atoms in total. The van der Waals surface area contributed by atoms with Crippen molar-refractivity contribution in [3.8, 4) is 0 Å². The van der Waals surface area contributed by atoms with Gasteiger partial charge in [0, 0.05) is 42.4 Å². The highest BCUT2D eigenvalue weighted by Gasteiger charge is 2.55. The first-order chi connectivity index (χ1) is 38.3. The summed E-state index contributed by atoms with van der Waals surface area (Å²) in [4.78, 5) is 100. The van der Waals surface area contributed by atoms with Crippen molar-refractivity contribution >= 4 is 87.4 Å². The van der Waals surface area contributed by atoms with Crippen LogP contribution in [-0.4, -0.2) is 119 Å². The molecule has 3 aromatic carbocycles. The number of nitrogens with two attached hydrogens (primary N) is 1. The van der Waals surface area contributed by atoms with Crippen molar-refractivity contribution in [2.24, 2.45) is 18.1 Å². The topological polar surface area (TPSA) is 315 Å². The van der Waals surface area contributed by atoms with Crippen molar-refractivity contribution in [1.29, 1.82) is 0 Å². The van der Waals surface area contributed by atoms with E-state index in [1.165, 1.54) is 30.5 Å². The molecular weight excluding hydrogens is 1120 g/mol. The Morgan fingerprint density at radius 3 is 1.84 bits per heavy atom. The molecular formula is C54H62F3N11O12S2. The first-order valence-electron chi connectivity index (χ1n) is 25.2. The van der Waals surface area contributed by atoms with Crippen molar-refractivity contribution < 1.29 is 75.9 Å². The maximum absolute atomic E-state index is 14.1. The lowest BCUT2D eigenvalue weighted by Crippen LogP contribution is -2.62. The molecule has 7 N–H and O–H groups in total. The molecule has 4 heterocycles. The molecule has 2 aromatic heterocycles. The third-order valence-corrected chi connectivity index (χ3v) is 14.0. The number of fused-ring (bicyclic) bond motifs is 1. The number of carbonyl (C=O) groups excluding carboxylic acids is 6. The number of nitrogens with one attached hydrogen (secondary N) is 4. The zero-order valence-corrected chi connectivity index (χ0v) is 47.7. The number of anilines is 3. The van der Waals surface area contributed by atoms with Crippen LogP contribution in [0.3, 0.4) is 0 Å². The standard InChI is InChI=1S/C52H61N11O10S2.C2HF3O2/c1-49(2,3)71-45(68)51(7,8)73-59-38(40-57-46(53)75-60-40)37(64)27-35-42(65)63-39(44(66)67)31(30-74-43(35)63)28-62-29-36(56-47(69)54-25-26-55-48(70)72-50(4,5)6)41(61(62)9)58-52(32-19-13-10-14-20-32,33-21-15-11-16-22-33)34-23-17-12-18-24-34;3-2(4,5)1(6)7/h10-24,29,35,43H,25-28,30H2,1-9H3,(H6,53,54,55,56,57,60,66,67,69,70);(H,6,7)/b59-38+;/t35-,43-;/m1./s1. The Morgan fingerprint density at radius 1 is 0.841 bits per heavy atom. The zero-order chi connectivity index (χ0) is 60.5. The number of carbonyl (C=O) groups is 7. The van der Waals surface area contributed by atoms with E-state index in [9.17, 15) is 47.0 Å². The van der Waals surface area contributed by atoms with Crippen LogP contribution in [0.15, 0.2) is 114 Å². The Morgan fingerprint density at radius 2 is 1.37 bits per heavy atom. The van der Waals surface area contributed by atoms with E-state index in [4.69, 9.17) is 29.9 Å². The second-order valence-corrected chi connectivity index (χ2v) is 22.9. The Bertz CT molecular complexity index is 3140. The molecule has 7 rings (SSSR count). The number of urea groups is 1. The van der Waals surface area contributed by atoms with Gasteiger partial charge in [-0.2, -0.15) is 22.5 Å². The van der Waals surface area contributed by atoms with Gasteiger partial charge < -0.3 is 51.0 Å². The molecule has 2 aliphatic heterocycles. The third kappa shape index (κ3) is 15.5. The van der Waals surface area contributed by atoms with Gasteiger partial charge in [-0.1, -0.05) is 96.2 Å². The number of benzene rings is 3. The Kier molecular flexibility index (Phi) is 19.5. The summed E-state index contributed by atoms with van der Waals surface area (Å²) in [6.45, 7) is 13.2. The van der Waals surface area contributed by atoms with Crippen molar-refractivity contribution in [2.45, 2.75) is 102 Å². The number of carboxylic acid groups (broad SMARTS) is 2. The zero-order valence-electron chi connectivity index (χ0n) is 46.1. The molecule has 4 amide bonds. The molecule has 28 heteroatoms. The van der Waals surface area contributed by atoms with Gasteiger partial charge in [0.15, 0.2) is 34.7 Å². The second kappa shape index (κ2) is 25.5. The van der Waals surface area contributed by atoms with Crippen LogP contribution >= 0.6 is 23.3 Å². The van der Waals surface area contributed by atoms with E-state index in [0.29, 0.717) is 17.1 Å². The van der Waals surface area contributed by atoms with Crippen LogP contribution in [0.5, 0.6) is 0 Å². The minimum Gasteiger partial charge on any atom is -0.542 e. The van der Waals surface area contributed by atoms with Crippen molar-refractivity contribution in [2.75, 3.05) is 35.2 Å². The number of aromatic nitrogens is 4. The molecule has 438 valence electrons. The maximum atomic E-state index is 14.1. The highest BCUT2D eigenvalue weighted by Crippen LogP contribution is 2.46. The number of alkyl halides is 3. The van der Waals surface area contributed by atoms with Crippen LogP contribution in [0.2, 0.25) is 0 Å². The van der Waals surface area contributed by atoms with Gasteiger partial charge in [-0.25, -0.2) is 19.2 Å². The number of ketones is 1. The van der Waals surface area contributed by atoms with E-state index >= 15 is 0 Å². The predicted molar refractivity (Wildman–Crippen MR) is 293 cm³/mol. The number of β-lactam (4-membered cyclic amide) rings is 1. The van der Waals surface area contributed by atoms with Gasteiger partial charge in [0.25, 0.3) is 0 Å². The number of thioether (sulfide) groups is 1. The highest BCUT2D eigenvalue weighted by atomic mass is 32.2. The molecule has 82 heavy (non-hydrogen) atoms. The van der Waals surface area contributed by atoms with Crippen LogP contribution < -0.4 is 36.8 Å². The SMILES string of the molecule is Cn1c(NC(c2ccccc2)(c2ccccc2)c2ccccc2)c(NC(=O)NCCNC(=O)OC(C)(C)C)c[n+]1CC1=C(C(=O)O)N2C(=O)[C@@H](CC(=O)/C(=N\OC(C)(C)C(=O)OC(C)(C)C)c3nsc(N)n3)[C@H]2SC1.O=C([O-])C(F)(F)F. The average Bonchev–Trinajstić information content (AvgIpc) is 3.98. The normalized spacial score (nSPS) is 15.6. The smallest absolute Gasteiger partial charge is 0.430 e. The van der Waals surface area contributed by atoms with Crippen molar-refractivity contribution in [3.05, 3.63) is 131 Å². The number of carboxylic acids is 2. The van der Waals surface area contributed by atoms with Gasteiger partial charge in [-0.3, -0.25) is 19.8 Å². The van der Waals surface area contributed by atoms with Crippen LogP contribution in [0.1, 0.15) is 84.3 Å². The van der Waals surface area contributed by atoms with Gasteiger partial charge in [0.05, 0.1) is 18.3 Å². The van der Waals surface area contributed by atoms with E-state index < -0.39 is 88.0 Å². The number of nitrogens with zero attached hydrogens (tertiary/aromatic N) is 6. The Hall–Kier alpha value is -8.53. The minimum absolute atomic E-state index is 0.0344.